The number of halogens is 1. The Hall–Kier alpha value is -0.660. The van der Waals surface area contributed by atoms with Crippen molar-refractivity contribution in [3.63, 3.8) is 0 Å². The van der Waals surface area contributed by atoms with Gasteiger partial charge >= 0.3 is 0 Å². The molecule has 1 saturated heterocycles. The lowest BCUT2D eigenvalue weighted by Gasteiger charge is -2.40. The van der Waals surface area contributed by atoms with Crippen molar-refractivity contribution in [3.05, 3.63) is 29.3 Å². The van der Waals surface area contributed by atoms with Crippen molar-refractivity contribution in [3.8, 4) is 0 Å². The molecule has 1 aromatic carbocycles. The number of hydrogen-bond acceptors (Lipinski definition) is 4. The normalized spacial score (nSPS) is 31.4. The molecule has 1 heterocycles. The van der Waals surface area contributed by atoms with Crippen molar-refractivity contribution in [1.29, 1.82) is 0 Å². The fraction of sp³-hybridized carbons (Fsp3) is 0.647. The predicted octanol–water partition coefficient (Wildman–Crippen LogP) is 2.32. The molecule has 2 aliphatic rings. The Balaban J connectivity index is 1.80. The number of nitrogens with zero attached hydrogens (tertiary/aromatic N) is 2. The molecule has 1 aliphatic carbocycles. The largest absolute Gasteiger partial charge is 0.380 e. The van der Waals surface area contributed by atoms with Crippen LogP contribution in [-0.2, 0) is 14.8 Å². The molecule has 134 valence electrons. The minimum Gasteiger partial charge on any atom is -0.380 e. The quantitative estimate of drug-likeness (QED) is 0.813. The molecule has 1 saturated carbocycles. The number of likely N-dealkylation sites (N-methyl/N-ethyl adjacent to an activating group) is 1. The van der Waals surface area contributed by atoms with Gasteiger partial charge in [-0.1, -0.05) is 17.7 Å². The molecule has 2 fully saturated rings. The molecule has 4 atom stereocenters. The van der Waals surface area contributed by atoms with E-state index >= 15 is 0 Å². The van der Waals surface area contributed by atoms with Gasteiger partial charge in [-0.3, -0.25) is 0 Å². The second-order valence-electron chi connectivity index (χ2n) is 7.08. The van der Waals surface area contributed by atoms with E-state index in [0.29, 0.717) is 36.0 Å². The third-order valence-corrected chi connectivity index (χ3v) is 7.51. The van der Waals surface area contributed by atoms with Crippen LogP contribution in [-0.4, -0.2) is 64.1 Å². The maximum absolute atomic E-state index is 12.9. The van der Waals surface area contributed by atoms with Crippen molar-refractivity contribution in [2.24, 2.45) is 11.8 Å². The fourth-order valence-electron chi connectivity index (χ4n) is 4.12. The van der Waals surface area contributed by atoms with Gasteiger partial charge in [0.15, 0.2) is 0 Å². The van der Waals surface area contributed by atoms with Crippen LogP contribution < -0.4 is 0 Å². The van der Waals surface area contributed by atoms with E-state index in [1.54, 1.807) is 29.6 Å². The molecule has 0 radical (unpaired) electrons. The Morgan fingerprint density at radius 2 is 1.88 bits per heavy atom. The molecular formula is C17H25ClN2O3S. The average Bonchev–Trinajstić information content (AvgIpc) is 2.97. The second-order valence-corrected chi connectivity index (χ2v) is 9.45. The van der Waals surface area contributed by atoms with Gasteiger partial charge < -0.3 is 9.64 Å². The molecule has 0 spiro atoms. The van der Waals surface area contributed by atoms with Crippen LogP contribution in [0, 0.1) is 11.8 Å². The molecule has 7 heteroatoms. The summed E-state index contributed by atoms with van der Waals surface area (Å²) < 4.78 is 33.1. The number of rotatable bonds is 4. The molecule has 0 bridgehead atoms. The van der Waals surface area contributed by atoms with Crippen LogP contribution in [0.15, 0.2) is 29.2 Å². The standard InChI is InChI=1S/C17H25ClN2O3S/c1-19(2)16-7-12-10-20(11-13(12)8-17(16)23-3)24(21,22)15-6-4-5-14(18)9-15/h4-6,9,12-13,16-17H,7-8,10-11H2,1-3H3/t12-,13+,16-,17-/m1/s1. The van der Waals surface area contributed by atoms with Gasteiger partial charge in [-0.25, -0.2) is 8.42 Å². The highest BCUT2D eigenvalue weighted by atomic mass is 35.5. The van der Waals surface area contributed by atoms with Crippen molar-refractivity contribution < 1.29 is 13.2 Å². The summed E-state index contributed by atoms with van der Waals surface area (Å²) in [4.78, 5) is 2.47. The maximum Gasteiger partial charge on any atom is 0.243 e. The number of hydrogen-bond donors (Lipinski definition) is 0. The molecule has 1 aromatic rings. The number of ether oxygens (including phenoxy) is 1. The minimum atomic E-state index is -3.49. The van der Waals surface area contributed by atoms with Crippen LogP contribution in [0.1, 0.15) is 12.8 Å². The number of fused-ring (bicyclic) bond motifs is 1. The highest BCUT2D eigenvalue weighted by Gasteiger charge is 2.46. The van der Waals surface area contributed by atoms with Crippen LogP contribution >= 0.6 is 11.6 Å². The van der Waals surface area contributed by atoms with Crippen LogP contribution in [0.3, 0.4) is 0 Å². The summed E-state index contributed by atoms with van der Waals surface area (Å²) in [5, 5.41) is 0.444. The summed E-state index contributed by atoms with van der Waals surface area (Å²) in [5.41, 5.74) is 0. The molecule has 0 amide bonds. The van der Waals surface area contributed by atoms with Gasteiger partial charge in [-0.15, -0.1) is 0 Å². The van der Waals surface area contributed by atoms with E-state index in [2.05, 4.69) is 19.0 Å². The number of sulfonamides is 1. The third-order valence-electron chi connectivity index (χ3n) is 5.45. The third kappa shape index (κ3) is 3.35. The van der Waals surface area contributed by atoms with E-state index in [9.17, 15) is 8.42 Å². The van der Waals surface area contributed by atoms with E-state index in [0.717, 1.165) is 12.8 Å². The molecular weight excluding hydrogens is 348 g/mol. The smallest absolute Gasteiger partial charge is 0.243 e. The number of benzene rings is 1. The molecule has 5 nitrogen and oxygen atoms in total. The van der Waals surface area contributed by atoms with Gasteiger partial charge in [0.1, 0.15) is 0 Å². The molecule has 1 aliphatic heterocycles. The highest BCUT2D eigenvalue weighted by Crippen LogP contribution is 2.40. The Bertz CT molecular complexity index is 695. The summed E-state index contributed by atoms with van der Waals surface area (Å²) in [6, 6.07) is 6.85. The minimum absolute atomic E-state index is 0.162. The Kier molecular flexibility index (Phi) is 5.23. The zero-order valence-electron chi connectivity index (χ0n) is 14.4. The van der Waals surface area contributed by atoms with Gasteiger partial charge in [-0.2, -0.15) is 4.31 Å². The lowest BCUT2D eigenvalue weighted by atomic mass is 9.77. The van der Waals surface area contributed by atoms with Crippen LogP contribution in [0.5, 0.6) is 0 Å². The van der Waals surface area contributed by atoms with Gasteiger partial charge in [0.25, 0.3) is 0 Å². The Morgan fingerprint density at radius 1 is 1.21 bits per heavy atom. The molecule has 0 aromatic heterocycles. The highest BCUT2D eigenvalue weighted by molar-refractivity contribution is 7.89. The predicted molar refractivity (Wildman–Crippen MR) is 94.7 cm³/mol. The molecule has 0 unspecified atom stereocenters. The van der Waals surface area contributed by atoms with E-state index in [1.165, 1.54) is 6.07 Å². The van der Waals surface area contributed by atoms with E-state index in [1.807, 2.05) is 0 Å². The van der Waals surface area contributed by atoms with Gasteiger partial charge in [0, 0.05) is 31.3 Å². The van der Waals surface area contributed by atoms with E-state index in [-0.39, 0.29) is 11.0 Å². The van der Waals surface area contributed by atoms with Crippen LogP contribution in [0.25, 0.3) is 0 Å². The molecule has 24 heavy (non-hydrogen) atoms. The average molecular weight is 373 g/mol. The van der Waals surface area contributed by atoms with Gasteiger partial charge in [-0.05, 0) is 57.0 Å². The second kappa shape index (κ2) is 6.92. The summed E-state index contributed by atoms with van der Waals surface area (Å²) in [6.45, 7) is 1.15. The van der Waals surface area contributed by atoms with Crippen LogP contribution in [0.2, 0.25) is 5.02 Å². The first-order valence-electron chi connectivity index (χ1n) is 8.28. The first kappa shape index (κ1) is 18.1. The van der Waals surface area contributed by atoms with E-state index < -0.39 is 10.0 Å². The topological polar surface area (TPSA) is 49.9 Å². The maximum atomic E-state index is 12.9. The van der Waals surface area contributed by atoms with Crippen molar-refractivity contribution >= 4 is 21.6 Å². The van der Waals surface area contributed by atoms with Gasteiger partial charge in [0.05, 0.1) is 11.0 Å². The molecule has 3 rings (SSSR count). The summed E-state index contributed by atoms with van der Waals surface area (Å²) in [7, 11) is 2.38. The first-order chi connectivity index (χ1) is 11.3. The summed E-state index contributed by atoms with van der Waals surface area (Å²) in [6.07, 6.45) is 2.04. The fourth-order valence-corrected chi connectivity index (χ4v) is 5.97. The zero-order chi connectivity index (χ0) is 17.5. The van der Waals surface area contributed by atoms with Crippen molar-refractivity contribution in [1.82, 2.24) is 9.21 Å². The van der Waals surface area contributed by atoms with Crippen molar-refractivity contribution in [2.45, 2.75) is 29.9 Å². The summed E-state index contributed by atoms with van der Waals surface area (Å²) >= 11 is 5.97. The van der Waals surface area contributed by atoms with Gasteiger partial charge in [0.2, 0.25) is 10.0 Å². The first-order valence-corrected chi connectivity index (χ1v) is 10.1. The SMILES string of the molecule is CO[C@@H]1C[C@H]2CN(S(=O)(=O)c3cccc(Cl)c3)C[C@H]2C[C@H]1N(C)C. The summed E-state index contributed by atoms with van der Waals surface area (Å²) in [5.74, 6) is 0.748. The van der Waals surface area contributed by atoms with Crippen LogP contribution in [0.4, 0.5) is 0 Å². The van der Waals surface area contributed by atoms with E-state index in [4.69, 9.17) is 16.3 Å². The monoisotopic (exact) mass is 372 g/mol. The lowest BCUT2D eigenvalue weighted by molar-refractivity contribution is -0.0209. The lowest BCUT2D eigenvalue weighted by Crippen LogP contribution is -2.47. The van der Waals surface area contributed by atoms with Crippen molar-refractivity contribution in [2.75, 3.05) is 34.3 Å². The zero-order valence-corrected chi connectivity index (χ0v) is 15.9. The Morgan fingerprint density at radius 3 is 2.46 bits per heavy atom. The Labute approximate surface area is 149 Å². The number of methoxy groups -OCH3 is 1. The molecule has 0 N–H and O–H groups in total.